The van der Waals surface area contributed by atoms with Gasteiger partial charge in [-0.15, -0.1) is 0 Å². The summed E-state index contributed by atoms with van der Waals surface area (Å²) >= 11 is 3.65. The van der Waals surface area contributed by atoms with E-state index in [0.717, 1.165) is 30.7 Å². The van der Waals surface area contributed by atoms with Gasteiger partial charge in [-0.3, -0.25) is 4.90 Å². The maximum atomic E-state index is 5.97. The summed E-state index contributed by atoms with van der Waals surface area (Å²) in [5.41, 5.74) is 8.44. The zero-order valence-electron chi connectivity index (χ0n) is 12.8. The molecule has 1 aliphatic rings. The molecule has 1 aromatic carbocycles. The van der Waals surface area contributed by atoms with E-state index in [2.05, 4.69) is 57.8 Å². The van der Waals surface area contributed by atoms with Gasteiger partial charge in [-0.2, -0.15) is 0 Å². The summed E-state index contributed by atoms with van der Waals surface area (Å²) in [6.45, 7) is 11.1. The fraction of sp³-hybridized carbons (Fsp3) is 0.625. The number of rotatable bonds is 5. The van der Waals surface area contributed by atoms with Crippen LogP contribution in [0.5, 0.6) is 0 Å². The first kappa shape index (κ1) is 15.8. The Hall–Kier alpha value is -0.580. The van der Waals surface area contributed by atoms with E-state index in [9.17, 15) is 0 Å². The number of likely N-dealkylation sites (N-methyl/N-ethyl adjacent to an activating group) is 1. The normalized spacial score (nSPS) is 20.7. The molecule has 112 valence electrons. The Balaban J connectivity index is 2.08. The van der Waals surface area contributed by atoms with Gasteiger partial charge in [0.15, 0.2) is 0 Å². The first-order chi connectivity index (χ1) is 9.56. The van der Waals surface area contributed by atoms with Crippen LogP contribution in [0.1, 0.15) is 38.8 Å². The van der Waals surface area contributed by atoms with Crippen molar-refractivity contribution in [2.45, 2.75) is 39.3 Å². The highest BCUT2D eigenvalue weighted by molar-refractivity contribution is 9.10. The molecule has 1 aliphatic heterocycles. The Morgan fingerprint density at radius 1 is 1.40 bits per heavy atom. The molecule has 2 atom stereocenters. The van der Waals surface area contributed by atoms with Gasteiger partial charge in [0.25, 0.3) is 0 Å². The number of anilines is 1. The summed E-state index contributed by atoms with van der Waals surface area (Å²) in [5, 5.41) is 0. The molecule has 0 saturated carbocycles. The minimum absolute atomic E-state index is 0.0698. The Labute approximate surface area is 131 Å². The van der Waals surface area contributed by atoms with Crippen LogP contribution in [0.2, 0.25) is 0 Å². The fourth-order valence-electron chi connectivity index (χ4n) is 3.10. The standard InChI is InChI=1S/C16H26BrN3/c1-4-19(5-2)14-8-9-20(11-14)13-6-7-15(12(3)18)16(17)10-13/h6-7,10,12,14H,4-5,8-9,11,18H2,1-3H3. The molecular formula is C16H26BrN3. The minimum Gasteiger partial charge on any atom is -0.370 e. The van der Waals surface area contributed by atoms with Gasteiger partial charge in [-0.25, -0.2) is 0 Å². The van der Waals surface area contributed by atoms with Crippen LogP contribution in [0.25, 0.3) is 0 Å². The molecule has 3 nitrogen and oxygen atoms in total. The van der Waals surface area contributed by atoms with Gasteiger partial charge in [0.2, 0.25) is 0 Å². The van der Waals surface area contributed by atoms with Crippen molar-refractivity contribution in [2.75, 3.05) is 31.1 Å². The lowest BCUT2D eigenvalue weighted by molar-refractivity contribution is 0.232. The lowest BCUT2D eigenvalue weighted by atomic mass is 10.1. The van der Waals surface area contributed by atoms with Crippen LogP contribution in [-0.4, -0.2) is 37.1 Å². The van der Waals surface area contributed by atoms with Crippen molar-refractivity contribution >= 4 is 21.6 Å². The van der Waals surface area contributed by atoms with Crippen LogP contribution < -0.4 is 10.6 Å². The van der Waals surface area contributed by atoms with Gasteiger partial charge in [0.1, 0.15) is 0 Å². The third-order valence-electron chi connectivity index (χ3n) is 4.33. The zero-order valence-corrected chi connectivity index (χ0v) is 14.4. The average Bonchev–Trinajstić information content (AvgIpc) is 2.89. The average molecular weight is 340 g/mol. The van der Waals surface area contributed by atoms with Crippen molar-refractivity contribution in [2.24, 2.45) is 5.73 Å². The molecule has 1 aromatic rings. The van der Waals surface area contributed by atoms with Gasteiger partial charge < -0.3 is 10.6 Å². The topological polar surface area (TPSA) is 32.5 Å². The van der Waals surface area contributed by atoms with E-state index in [-0.39, 0.29) is 6.04 Å². The SMILES string of the molecule is CCN(CC)C1CCN(c2ccc(C(C)N)c(Br)c2)C1. The highest BCUT2D eigenvalue weighted by Gasteiger charge is 2.26. The van der Waals surface area contributed by atoms with Crippen molar-refractivity contribution in [1.82, 2.24) is 4.90 Å². The highest BCUT2D eigenvalue weighted by atomic mass is 79.9. The highest BCUT2D eigenvalue weighted by Crippen LogP contribution is 2.30. The molecule has 4 heteroatoms. The predicted octanol–water partition coefficient (Wildman–Crippen LogP) is 3.39. The molecule has 0 radical (unpaired) electrons. The van der Waals surface area contributed by atoms with E-state index >= 15 is 0 Å². The van der Waals surface area contributed by atoms with Crippen molar-refractivity contribution < 1.29 is 0 Å². The van der Waals surface area contributed by atoms with E-state index in [4.69, 9.17) is 5.73 Å². The minimum atomic E-state index is 0.0698. The predicted molar refractivity (Wildman–Crippen MR) is 90.3 cm³/mol. The third kappa shape index (κ3) is 3.35. The largest absolute Gasteiger partial charge is 0.370 e. The van der Waals surface area contributed by atoms with Crippen LogP contribution in [0.4, 0.5) is 5.69 Å². The van der Waals surface area contributed by atoms with Crippen LogP contribution >= 0.6 is 15.9 Å². The van der Waals surface area contributed by atoms with Crippen molar-refractivity contribution in [3.8, 4) is 0 Å². The van der Waals surface area contributed by atoms with E-state index < -0.39 is 0 Å². The molecule has 0 aliphatic carbocycles. The second-order valence-corrected chi connectivity index (χ2v) is 6.46. The van der Waals surface area contributed by atoms with Crippen LogP contribution in [-0.2, 0) is 0 Å². The number of halogens is 1. The molecule has 1 heterocycles. The number of nitrogens with two attached hydrogens (primary N) is 1. The summed E-state index contributed by atoms with van der Waals surface area (Å²) in [6.07, 6.45) is 1.26. The summed E-state index contributed by atoms with van der Waals surface area (Å²) < 4.78 is 1.12. The summed E-state index contributed by atoms with van der Waals surface area (Å²) in [7, 11) is 0. The zero-order chi connectivity index (χ0) is 14.7. The van der Waals surface area contributed by atoms with Crippen molar-refractivity contribution in [3.05, 3.63) is 28.2 Å². The Bertz CT molecular complexity index is 443. The first-order valence-electron chi connectivity index (χ1n) is 7.60. The first-order valence-corrected chi connectivity index (χ1v) is 8.40. The second-order valence-electron chi connectivity index (χ2n) is 5.60. The van der Waals surface area contributed by atoms with Crippen molar-refractivity contribution in [3.63, 3.8) is 0 Å². The Morgan fingerprint density at radius 2 is 2.10 bits per heavy atom. The lowest BCUT2D eigenvalue weighted by Gasteiger charge is -2.27. The molecule has 2 N–H and O–H groups in total. The van der Waals surface area contributed by atoms with Gasteiger partial charge in [0, 0.05) is 35.3 Å². The summed E-state index contributed by atoms with van der Waals surface area (Å²) in [4.78, 5) is 5.05. The smallest absolute Gasteiger partial charge is 0.0378 e. The van der Waals surface area contributed by atoms with Gasteiger partial charge in [0.05, 0.1) is 0 Å². The molecule has 1 fully saturated rings. The number of nitrogens with zero attached hydrogens (tertiary/aromatic N) is 2. The fourth-order valence-corrected chi connectivity index (χ4v) is 3.82. The molecule has 0 aromatic heterocycles. The summed E-state index contributed by atoms with van der Waals surface area (Å²) in [5.74, 6) is 0. The molecular weight excluding hydrogens is 314 g/mol. The molecule has 2 unspecified atom stereocenters. The molecule has 1 saturated heterocycles. The van der Waals surface area contributed by atoms with E-state index in [0.29, 0.717) is 6.04 Å². The molecule has 20 heavy (non-hydrogen) atoms. The van der Waals surface area contributed by atoms with Gasteiger partial charge in [-0.1, -0.05) is 35.8 Å². The van der Waals surface area contributed by atoms with Crippen LogP contribution in [0.3, 0.4) is 0 Å². The van der Waals surface area contributed by atoms with E-state index in [1.165, 1.54) is 17.7 Å². The van der Waals surface area contributed by atoms with Gasteiger partial charge in [-0.05, 0) is 44.1 Å². The van der Waals surface area contributed by atoms with Crippen molar-refractivity contribution in [1.29, 1.82) is 0 Å². The van der Waals surface area contributed by atoms with Crippen LogP contribution in [0, 0.1) is 0 Å². The maximum absolute atomic E-state index is 5.97. The number of benzene rings is 1. The number of hydrogen-bond donors (Lipinski definition) is 1. The Morgan fingerprint density at radius 3 is 2.65 bits per heavy atom. The Kier molecular flexibility index (Phi) is 5.47. The molecule has 0 spiro atoms. The molecule has 0 bridgehead atoms. The van der Waals surface area contributed by atoms with E-state index in [1.807, 2.05) is 6.92 Å². The molecule has 2 rings (SSSR count). The second kappa shape index (κ2) is 6.92. The quantitative estimate of drug-likeness (QED) is 0.892. The van der Waals surface area contributed by atoms with Gasteiger partial charge >= 0.3 is 0 Å². The van der Waals surface area contributed by atoms with E-state index in [1.54, 1.807) is 0 Å². The monoisotopic (exact) mass is 339 g/mol. The summed E-state index contributed by atoms with van der Waals surface area (Å²) in [6, 6.07) is 7.32. The lowest BCUT2D eigenvalue weighted by Crippen LogP contribution is -2.37. The van der Waals surface area contributed by atoms with Crippen LogP contribution in [0.15, 0.2) is 22.7 Å². The third-order valence-corrected chi connectivity index (χ3v) is 5.02. The maximum Gasteiger partial charge on any atom is 0.0378 e. The number of hydrogen-bond acceptors (Lipinski definition) is 3. The molecule has 0 amide bonds.